The Morgan fingerprint density at radius 2 is 1.82 bits per heavy atom. The molecular weight excluding hydrogens is 388 g/mol. The average Bonchev–Trinajstić information content (AvgIpc) is 2.71. The number of amides is 1. The number of hydrogen-bond donors (Lipinski definition) is 0. The highest BCUT2D eigenvalue weighted by Gasteiger charge is 2.29. The maximum atomic E-state index is 13.8. The molecule has 28 heavy (non-hydrogen) atoms. The van der Waals surface area contributed by atoms with Crippen LogP contribution in [0.25, 0.3) is 0 Å². The molecule has 0 N–H and O–H groups in total. The first-order chi connectivity index (χ1) is 13.5. The van der Waals surface area contributed by atoms with Gasteiger partial charge in [0.1, 0.15) is 18.2 Å². The Hall–Kier alpha value is -2.31. The van der Waals surface area contributed by atoms with Crippen LogP contribution in [0.1, 0.15) is 28.8 Å². The molecule has 1 saturated heterocycles. The molecule has 7 heteroatoms. The zero-order chi connectivity index (χ0) is 20.1. The Bertz CT molecular complexity index is 866. The third kappa shape index (κ3) is 4.94. The first kappa shape index (κ1) is 20.4. The summed E-state index contributed by atoms with van der Waals surface area (Å²) in [5.41, 5.74) is 0.575. The predicted molar refractivity (Wildman–Crippen MR) is 101 cm³/mol. The number of piperidine rings is 1. The van der Waals surface area contributed by atoms with Crippen molar-refractivity contribution in [3.63, 3.8) is 0 Å². The van der Waals surface area contributed by atoms with Crippen molar-refractivity contribution in [2.45, 2.75) is 19.4 Å². The molecule has 1 aliphatic rings. The minimum Gasteiger partial charge on any atom is -0.367 e. The summed E-state index contributed by atoms with van der Waals surface area (Å²) < 4.78 is 32.6. The van der Waals surface area contributed by atoms with Crippen molar-refractivity contribution >= 4 is 23.3 Å². The first-order valence-electron chi connectivity index (χ1n) is 9.04. The quantitative estimate of drug-likeness (QED) is 0.672. The Kier molecular flexibility index (Phi) is 6.75. The van der Waals surface area contributed by atoms with Crippen LogP contribution in [0.4, 0.5) is 8.78 Å². The van der Waals surface area contributed by atoms with Crippen molar-refractivity contribution in [3.8, 4) is 0 Å². The molecule has 0 spiro atoms. The Balaban J connectivity index is 1.48. The number of rotatable bonds is 6. The lowest BCUT2D eigenvalue weighted by molar-refractivity contribution is -0.137. The number of carbonyl (C=O) groups excluding carboxylic acids is 2. The molecule has 1 fully saturated rings. The molecule has 0 unspecified atom stereocenters. The molecule has 0 radical (unpaired) electrons. The number of likely N-dealkylation sites (tertiary alicyclic amines) is 1. The smallest absolute Gasteiger partial charge is 0.248 e. The molecule has 0 saturated carbocycles. The van der Waals surface area contributed by atoms with Crippen molar-refractivity contribution in [2.75, 3.05) is 19.7 Å². The van der Waals surface area contributed by atoms with E-state index in [1.807, 2.05) is 18.2 Å². The van der Waals surface area contributed by atoms with Gasteiger partial charge in [-0.25, -0.2) is 8.78 Å². The molecule has 148 valence electrons. The van der Waals surface area contributed by atoms with Crippen molar-refractivity contribution < 1.29 is 23.1 Å². The van der Waals surface area contributed by atoms with E-state index >= 15 is 0 Å². The van der Waals surface area contributed by atoms with Crippen LogP contribution in [0.15, 0.2) is 42.5 Å². The maximum absolute atomic E-state index is 13.8. The van der Waals surface area contributed by atoms with Crippen LogP contribution in [0.2, 0.25) is 5.02 Å². The van der Waals surface area contributed by atoms with Gasteiger partial charge in [-0.05, 0) is 42.7 Å². The topological polar surface area (TPSA) is 46.6 Å². The molecular formula is C21H20ClF2NO3. The molecule has 0 aliphatic carbocycles. The third-order valence-electron chi connectivity index (χ3n) is 4.85. The summed E-state index contributed by atoms with van der Waals surface area (Å²) in [7, 11) is 0. The van der Waals surface area contributed by atoms with E-state index in [2.05, 4.69) is 0 Å². The molecule has 3 rings (SSSR count). The Morgan fingerprint density at radius 3 is 2.54 bits per heavy atom. The number of benzene rings is 2. The summed E-state index contributed by atoms with van der Waals surface area (Å²) in [4.78, 5) is 26.4. The standard InChI is InChI=1S/C21H20ClF2NO3/c22-18-4-2-1-3-15(18)12-28-13-20(26)25-9-7-14(8-10-25)21(27)17-11-16(23)5-6-19(17)24/h1-6,11,14H,7-10,12-13H2. The number of nitrogens with zero attached hydrogens (tertiary/aromatic N) is 1. The molecule has 1 aliphatic heterocycles. The third-order valence-corrected chi connectivity index (χ3v) is 5.22. The highest BCUT2D eigenvalue weighted by Crippen LogP contribution is 2.24. The van der Waals surface area contributed by atoms with Gasteiger partial charge in [-0.15, -0.1) is 0 Å². The van der Waals surface area contributed by atoms with E-state index < -0.39 is 23.3 Å². The Labute approximate surface area is 167 Å². The monoisotopic (exact) mass is 407 g/mol. The fourth-order valence-electron chi connectivity index (χ4n) is 3.25. The van der Waals surface area contributed by atoms with Crippen molar-refractivity contribution in [3.05, 3.63) is 70.2 Å². The first-order valence-corrected chi connectivity index (χ1v) is 9.41. The van der Waals surface area contributed by atoms with Crippen molar-refractivity contribution in [1.82, 2.24) is 4.90 Å². The van der Waals surface area contributed by atoms with Gasteiger partial charge < -0.3 is 9.64 Å². The molecule has 2 aromatic carbocycles. The van der Waals surface area contributed by atoms with E-state index in [0.717, 1.165) is 23.8 Å². The molecule has 0 aromatic heterocycles. The van der Waals surface area contributed by atoms with E-state index in [9.17, 15) is 18.4 Å². The van der Waals surface area contributed by atoms with Gasteiger partial charge in [-0.2, -0.15) is 0 Å². The minimum absolute atomic E-state index is 0.0810. The summed E-state index contributed by atoms with van der Waals surface area (Å²) in [6.07, 6.45) is 0.816. The van der Waals surface area contributed by atoms with E-state index in [-0.39, 0.29) is 24.7 Å². The van der Waals surface area contributed by atoms with Crippen molar-refractivity contribution in [2.24, 2.45) is 5.92 Å². The van der Waals surface area contributed by atoms with Crippen LogP contribution >= 0.6 is 11.6 Å². The fourth-order valence-corrected chi connectivity index (χ4v) is 3.44. The second-order valence-electron chi connectivity index (χ2n) is 6.73. The highest BCUT2D eigenvalue weighted by atomic mass is 35.5. The zero-order valence-corrected chi connectivity index (χ0v) is 15.9. The summed E-state index contributed by atoms with van der Waals surface area (Å²) in [5, 5.41) is 0.582. The van der Waals surface area contributed by atoms with Gasteiger partial charge in [0.2, 0.25) is 5.91 Å². The average molecular weight is 408 g/mol. The largest absolute Gasteiger partial charge is 0.367 e. The molecule has 1 amide bonds. The van der Waals surface area contributed by atoms with Crippen LogP contribution < -0.4 is 0 Å². The summed E-state index contributed by atoms with van der Waals surface area (Å²) in [5.74, 6) is -2.38. The van der Waals surface area contributed by atoms with E-state index in [0.29, 0.717) is 31.0 Å². The second-order valence-corrected chi connectivity index (χ2v) is 7.13. The number of carbonyl (C=O) groups is 2. The van der Waals surface area contributed by atoms with Gasteiger partial charge >= 0.3 is 0 Å². The summed E-state index contributed by atoms with van der Waals surface area (Å²) in [6, 6.07) is 10.1. The minimum atomic E-state index is -0.724. The molecule has 2 aromatic rings. The molecule has 0 bridgehead atoms. The Morgan fingerprint density at radius 1 is 1.11 bits per heavy atom. The summed E-state index contributed by atoms with van der Waals surface area (Å²) >= 11 is 6.05. The lowest BCUT2D eigenvalue weighted by Crippen LogP contribution is -2.42. The fraction of sp³-hybridized carbons (Fsp3) is 0.333. The lowest BCUT2D eigenvalue weighted by atomic mass is 9.88. The predicted octanol–water partition coefficient (Wildman–Crippen LogP) is 4.26. The van der Waals surface area contributed by atoms with Crippen LogP contribution in [0.3, 0.4) is 0 Å². The van der Waals surface area contributed by atoms with Gasteiger partial charge in [0.15, 0.2) is 5.78 Å². The van der Waals surface area contributed by atoms with Gasteiger partial charge in [0.05, 0.1) is 12.2 Å². The van der Waals surface area contributed by atoms with Gasteiger partial charge in [0, 0.05) is 24.0 Å². The maximum Gasteiger partial charge on any atom is 0.248 e. The number of halogens is 3. The van der Waals surface area contributed by atoms with Gasteiger partial charge in [-0.3, -0.25) is 9.59 Å². The van der Waals surface area contributed by atoms with Crippen LogP contribution in [-0.4, -0.2) is 36.3 Å². The van der Waals surface area contributed by atoms with Crippen LogP contribution in [0.5, 0.6) is 0 Å². The second kappa shape index (κ2) is 9.26. The van der Waals surface area contributed by atoms with Crippen molar-refractivity contribution in [1.29, 1.82) is 0 Å². The highest BCUT2D eigenvalue weighted by molar-refractivity contribution is 6.31. The lowest BCUT2D eigenvalue weighted by Gasteiger charge is -2.31. The van der Waals surface area contributed by atoms with Crippen LogP contribution in [-0.2, 0) is 16.1 Å². The number of ketones is 1. The SMILES string of the molecule is O=C(c1cc(F)ccc1F)C1CCN(C(=O)COCc2ccccc2Cl)CC1. The van der Waals surface area contributed by atoms with E-state index in [1.165, 1.54) is 0 Å². The molecule has 4 nitrogen and oxygen atoms in total. The molecule has 1 heterocycles. The molecule has 0 atom stereocenters. The van der Waals surface area contributed by atoms with Gasteiger partial charge in [-0.1, -0.05) is 29.8 Å². The zero-order valence-electron chi connectivity index (χ0n) is 15.2. The van der Waals surface area contributed by atoms with Gasteiger partial charge in [0.25, 0.3) is 0 Å². The number of ether oxygens (including phenoxy) is 1. The number of Topliss-reactive ketones (excluding diaryl/α,β-unsaturated/α-hetero) is 1. The number of hydrogen-bond acceptors (Lipinski definition) is 3. The van der Waals surface area contributed by atoms with Crippen LogP contribution in [0, 0.1) is 17.6 Å². The normalized spacial score (nSPS) is 14.9. The van der Waals surface area contributed by atoms with E-state index in [1.54, 1.807) is 11.0 Å². The summed E-state index contributed by atoms with van der Waals surface area (Å²) in [6.45, 7) is 0.908. The van der Waals surface area contributed by atoms with E-state index in [4.69, 9.17) is 16.3 Å².